The molecule has 0 aliphatic heterocycles. The topological polar surface area (TPSA) is 50.4 Å². The number of allylic oxidation sites excluding steroid dienone is 3. The smallest absolute Gasteiger partial charge is 0.0864 e. The molecule has 0 aromatic heterocycles. The first-order chi connectivity index (χ1) is 5.22. The molecule has 0 aliphatic rings. The van der Waals surface area contributed by atoms with Crippen molar-refractivity contribution in [1.82, 2.24) is 5.32 Å². The van der Waals surface area contributed by atoms with Crippen molar-refractivity contribution in [3.63, 3.8) is 0 Å². The first-order valence-corrected chi connectivity index (χ1v) is 3.48. The number of rotatable bonds is 3. The molecule has 0 bridgehead atoms. The van der Waals surface area contributed by atoms with E-state index in [1.807, 2.05) is 26.0 Å². The minimum Gasteiger partial charge on any atom is -0.401 e. The third-order valence-corrected chi connectivity index (χ3v) is 1.11. The minimum atomic E-state index is 0.753. The highest BCUT2D eigenvalue weighted by atomic mass is 14.9. The minimum absolute atomic E-state index is 0.753. The van der Waals surface area contributed by atoms with E-state index in [1.54, 1.807) is 13.4 Å². The van der Waals surface area contributed by atoms with E-state index in [-0.39, 0.29) is 0 Å². The molecule has 3 nitrogen and oxygen atoms in total. The van der Waals surface area contributed by atoms with Gasteiger partial charge in [0, 0.05) is 12.7 Å². The molecule has 62 valence electrons. The molecule has 0 rings (SSSR count). The van der Waals surface area contributed by atoms with Crippen LogP contribution in [-0.4, -0.2) is 13.4 Å². The van der Waals surface area contributed by atoms with Gasteiger partial charge in [-0.3, -0.25) is 4.99 Å². The lowest BCUT2D eigenvalue weighted by molar-refractivity contribution is 1.11. The Hall–Kier alpha value is -1.25. The van der Waals surface area contributed by atoms with Gasteiger partial charge in [0.1, 0.15) is 0 Å². The van der Waals surface area contributed by atoms with Gasteiger partial charge in [0.15, 0.2) is 0 Å². The van der Waals surface area contributed by atoms with Gasteiger partial charge in [0.25, 0.3) is 0 Å². The van der Waals surface area contributed by atoms with Gasteiger partial charge in [-0.2, -0.15) is 0 Å². The van der Waals surface area contributed by atoms with Crippen molar-refractivity contribution >= 4 is 6.34 Å². The summed E-state index contributed by atoms with van der Waals surface area (Å²) < 4.78 is 0. The van der Waals surface area contributed by atoms with Crippen LogP contribution in [0.1, 0.15) is 13.8 Å². The molecule has 0 saturated carbocycles. The number of aliphatic imine (C=N–C) groups is 1. The first kappa shape index (κ1) is 9.75. The van der Waals surface area contributed by atoms with E-state index in [2.05, 4.69) is 10.3 Å². The first-order valence-electron chi connectivity index (χ1n) is 3.48. The summed E-state index contributed by atoms with van der Waals surface area (Å²) in [7, 11) is 1.70. The summed E-state index contributed by atoms with van der Waals surface area (Å²) in [5.74, 6) is 0. The largest absolute Gasteiger partial charge is 0.401 e. The van der Waals surface area contributed by atoms with Gasteiger partial charge in [-0.05, 0) is 19.9 Å². The second kappa shape index (κ2) is 5.53. The summed E-state index contributed by atoms with van der Waals surface area (Å²) in [5, 5.41) is 2.95. The summed E-state index contributed by atoms with van der Waals surface area (Å²) in [4.78, 5) is 3.78. The molecule has 0 fully saturated rings. The van der Waals surface area contributed by atoms with Gasteiger partial charge in [-0.25, -0.2) is 0 Å². The fourth-order valence-electron chi connectivity index (χ4n) is 0.594. The number of nitrogens with one attached hydrogen (secondary N) is 1. The predicted octanol–water partition coefficient (Wildman–Crippen LogP) is 1.00. The molecule has 11 heavy (non-hydrogen) atoms. The van der Waals surface area contributed by atoms with E-state index in [4.69, 9.17) is 5.73 Å². The van der Waals surface area contributed by atoms with Crippen LogP contribution in [0.5, 0.6) is 0 Å². The Kier molecular flexibility index (Phi) is 4.90. The van der Waals surface area contributed by atoms with E-state index < -0.39 is 0 Å². The van der Waals surface area contributed by atoms with Crippen molar-refractivity contribution in [2.75, 3.05) is 7.05 Å². The molecule has 0 spiro atoms. The Morgan fingerprint density at radius 2 is 2.18 bits per heavy atom. The van der Waals surface area contributed by atoms with Crippen LogP contribution in [0.2, 0.25) is 0 Å². The van der Waals surface area contributed by atoms with Gasteiger partial charge >= 0.3 is 0 Å². The highest BCUT2D eigenvalue weighted by molar-refractivity contribution is 5.58. The molecule has 0 amide bonds. The highest BCUT2D eigenvalue weighted by Crippen LogP contribution is 1.94. The predicted molar refractivity (Wildman–Crippen MR) is 49.3 cm³/mol. The Labute approximate surface area is 67.7 Å². The maximum Gasteiger partial charge on any atom is 0.0864 e. The van der Waals surface area contributed by atoms with Gasteiger partial charge in [-0.15, -0.1) is 0 Å². The molecular weight excluding hydrogens is 138 g/mol. The average Bonchev–Trinajstić information content (AvgIpc) is 1.97. The van der Waals surface area contributed by atoms with Crippen LogP contribution in [0.15, 0.2) is 28.5 Å². The molecular formula is C8H15N3. The summed E-state index contributed by atoms with van der Waals surface area (Å²) in [6.45, 7) is 3.78. The van der Waals surface area contributed by atoms with Gasteiger partial charge in [-0.1, -0.05) is 6.08 Å². The number of nitrogens with two attached hydrogens (primary N) is 1. The zero-order valence-corrected chi connectivity index (χ0v) is 7.26. The van der Waals surface area contributed by atoms with Crippen molar-refractivity contribution in [2.45, 2.75) is 13.8 Å². The standard InChI is InChI=1S/C8H15N3/c1-4-5-8(7(2)9)11-6-10-3/h4-6H,9H2,1-3H3,(H,10,11)/b5-4-,8-7+. The van der Waals surface area contributed by atoms with Crippen LogP contribution in [0.4, 0.5) is 0 Å². The SMILES string of the molecule is C/C=C\C(NC=NC)=C(\C)N. The van der Waals surface area contributed by atoms with E-state index in [0.29, 0.717) is 0 Å². The number of hydrogen-bond acceptors (Lipinski definition) is 2. The van der Waals surface area contributed by atoms with Gasteiger partial charge < -0.3 is 11.1 Å². The molecule has 0 aromatic rings. The Morgan fingerprint density at radius 1 is 1.55 bits per heavy atom. The highest BCUT2D eigenvalue weighted by Gasteiger charge is 1.89. The second-order valence-electron chi connectivity index (χ2n) is 2.13. The van der Waals surface area contributed by atoms with Crippen LogP contribution in [0.3, 0.4) is 0 Å². The van der Waals surface area contributed by atoms with Crippen LogP contribution in [-0.2, 0) is 0 Å². The summed E-state index contributed by atoms with van der Waals surface area (Å²) >= 11 is 0. The van der Waals surface area contributed by atoms with E-state index in [9.17, 15) is 0 Å². The van der Waals surface area contributed by atoms with E-state index in [1.165, 1.54) is 0 Å². The molecule has 3 N–H and O–H groups in total. The molecule has 3 heteroatoms. The van der Waals surface area contributed by atoms with Crippen LogP contribution >= 0.6 is 0 Å². The molecule has 0 aliphatic carbocycles. The molecule has 0 aromatic carbocycles. The Bertz CT molecular complexity index is 186. The normalized spacial score (nSPS) is 14.1. The van der Waals surface area contributed by atoms with E-state index >= 15 is 0 Å². The van der Waals surface area contributed by atoms with Crippen LogP contribution in [0, 0.1) is 0 Å². The summed E-state index contributed by atoms with van der Waals surface area (Å²) in [5.41, 5.74) is 7.21. The molecule has 0 atom stereocenters. The lowest BCUT2D eigenvalue weighted by Gasteiger charge is -2.02. The average molecular weight is 153 g/mol. The molecule has 0 unspecified atom stereocenters. The van der Waals surface area contributed by atoms with Crippen molar-refractivity contribution in [3.8, 4) is 0 Å². The summed E-state index contributed by atoms with van der Waals surface area (Å²) in [6.07, 6.45) is 5.42. The Balaban J connectivity index is 4.25. The summed E-state index contributed by atoms with van der Waals surface area (Å²) in [6, 6.07) is 0. The monoisotopic (exact) mass is 153 g/mol. The zero-order valence-electron chi connectivity index (χ0n) is 7.26. The van der Waals surface area contributed by atoms with Crippen molar-refractivity contribution in [2.24, 2.45) is 10.7 Å². The third kappa shape index (κ3) is 4.19. The Morgan fingerprint density at radius 3 is 2.55 bits per heavy atom. The molecule has 0 heterocycles. The maximum atomic E-state index is 5.57. The fraction of sp³-hybridized carbons (Fsp3) is 0.375. The number of hydrogen-bond donors (Lipinski definition) is 2. The lowest BCUT2D eigenvalue weighted by Crippen LogP contribution is -2.13. The second-order valence-corrected chi connectivity index (χ2v) is 2.13. The van der Waals surface area contributed by atoms with Crippen molar-refractivity contribution < 1.29 is 0 Å². The zero-order chi connectivity index (χ0) is 8.69. The van der Waals surface area contributed by atoms with E-state index in [0.717, 1.165) is 11.4 Å². The van der Waals surface area contributed by atoms with Gasteiger partial charge in [0.05, 0.1) is 12.0 Å². The van der Waals surface area contributed by atoms with Crippen molar-refractivity contribution in [3.05, 3.63) is 23.5 Å². The lowest BCUT2D eigenvalue weighted by atomic mass is 10.3. The fourth-order valence-corrected chi connectivity index (χ4v) is 0.594. The molecule has 0 saturated heterocycles. The van der Waals surface area contributed by atoms with Gasteiger partial charge in [0.2, 0.25) is 0 Å². The maximum absolute atomic E-state index is 5.57. The quantitative estimate of drug-likeness (QED) is 0.361. The number of nitrogens with zero attached hydrogens (tertiary/aromatic N) is 1. The van der Waals surface area contributed by atoms with Crippen molar-refractivity contribution in [1.29, 1.82) is 0 Å². The van der Waals surface area contributed by atoms with Crippen LogP contribution < -0.4 is 11.1 Å². The van der Waals surface area contributed by atoms with Crippen LogP contribution in [0.25, 0.3) is 0 Å². The third-order valence-electron chi connectivity index (χ3n) is 1.11. The molecule has 0 radical (unpaired) electrons.